The highest BCUT2D eigenvalue weighted by Crippen LogP contribution is 2.39. The van der Waals surface area contributed by atoms with Crippen LogP contribution in [0.5, 0.6) is 0 Å². The molecular formula is C19H23N5O. The molecule has 6 nitrogen and oxygen atoms in total. The van der Waals surface area contributed by atoms with Gasteiger partial charge in [-0.3, -0.25) is 4.90 Å². The number of pyridine rings is 1. The van der Waals surface area contributed by atoms with E-state index >= 15 is 0 Å². The molecule has 0 spiro atoms. The molecule has 1 saturated heterocycles. The summed E-state index contributed by atoms with van der Waals surface area (Å²) in [5.74, 6) is 1.63. The standard InChI is InChI=1S/C19H23N5O/c1-14-17(20-13-25-14)11-22-6-8-23(9-7-22)16-4-5-19-21-18(15-2-3-15)12-24(19)10-16/h4-5,10,12-13,15H,2-3,6-9,11H2,1H3. The zero-order valence-corrected chi connectivity index (χ0v) is 14.6. The van der Waals surface area contributed by atoms with E-state index in [-0.39, 0.29) is 0 Å². The van der Waals surface area contributed by atoms with Crippen LogP contribution in [0.1, 0.15) is 35.9 Å². The topological polar surface area (TPSA) is 49.8 Å². The van der Waals surface area contributed by atoms with Gasteiger partial charge >= 0.3 is 0 Å². The number of anilines is 1. The van der Waals surface area contributed by atoms with Gasteiger partial charge in [0.2, 0.25) is 0 Å². The number of hydrogen-bond donors (Lipinski definition) is 0. The zero-order chi connectivity index (χ0) is 16.8. The largest absolute Gasteiger partial charge is 0.448 e. The quantitative estimate of drug-likeness (QED) is 0.733. The van der Waals surface area contributed by atoms with E-state index in [0.29, 0.717) is 5.92 Å². The Kier molecular flexibility index (Phi) is 3.52. The third-order valence-electron chi connectivity index (χ3n) is 5.40. The van der Waals surface area contributed by atoms with Crippen molar-refractivity contribution < 1.29 is 4.42 Å². The minimum atomic E-state index is 0.701. The fraction of sp³-hybridized carbons (Fsp3) is 0.474. The van der Waals surface area contributed by atoms with Crippen LogP contribution in [0.15, 0.2) is 35.3 Å². The Labute approximate surface area is 147 Å². The van der Waals surface area contributed by atoms with Crippen molar-refractivity contribution in [3.8, 4) is 0 Å². The van der Waals surface area contributed by atoms with Crippen LogP contribution in [-0.4, -0.2) is 45.4 Å². The van der Waals surface area contributed by atoms with Gasteiger partial charge in [-0.05, 0) is 31.9 Å². The predicted molar refractivity (Wildman–Crippen MR) is 95.9 cm³/mol. The lowest BCUT2D eigenvalue weighted by Gasteiger charge is -2.35. The fourth-order valence-corrected chi connectivity index (χ4v) is 3.62. The normalized spacial score (nSPS) is 19.0. The van der Waals surface area contributed by atoms with Crippen molar-refractivity contribution in [2.75, 3.05) is 31.1 Å². The molecule has 1 aliphatic heterocycles. The summed E-state index contributed by atoms with van der Waals surface area (Å²) in [7, 11) is 0. The summed E-state index contributed by atoms with van der Waals surface area (Å²) in [5.41, 5.74) is 4.65. The molecule has 0 atom stereocenters. The molecule has 1 saturated carbocycles. The van der Waals surface area contributed by atoms with Crippen LogP contribution >= 0.6 is 0 Å². The lowest BCUT2D eigenvalue weighted by Crippen LogP contribution is -2.46. The van der Waals surface area contributed by atoms with Crippen molar-refractivity contribution in [2.24, 2.45) is 0 Å². The molecular weight excluding hydrogens is 314 g/mol. The smallest absolute Gasteiger partial charge is 0.181 e. The van der Waals surface area contributed by atoms with E-state index in [4.69, 9.17) is 9.40 Å². The van der Waals surface area contributed by atoms with E-state index in [1.165, 1.54) is 30.6 Å². The second kappa shape index (κ2) is 5.88. The van der Waals surface area contributed by atoms with Gasteiger partial charge in [0.15, 0.2) is 6.39 Å². The van der Waals surface area contributed by atoms with Crippen molar-refractivity contribution in [1.29, 1.82) is 0 Å². The highest BCUT2D eigenvalue weighted by Gasteiger charge is 2.26. The summed E-state index contributed by atoms with van der Waals surface area (Å²) in [5, 5.41) is 0. The van der Waals surface area contributed by atoms with Gasteiger partial charge in [-0.25, -0.2) is 9.97 Å². The fourth-order valence-electron chi connectivity index (χ4n) is 3.62. The molecule has 0 unspecified atom stereocenters. The minimum absolute atomic E-state index is 0.701. The molecule has 130 valence electrons. The van der Waals surface area contributed by atoms with Gasteiger partial charge in [0.05, 0.1) is 17.1 Å². The van der Waals surface area contributed by atoms with Crippen LogP contribution in [0.25, 0.3) is 5.65 Å². The van der Waals surface area contributed by atoms with Gasteiger partial charge in [0.25, 0.3) is 0 Å². The molecule has 0 amide bonds. The van der Waals surface area contributed by atoms with Crippen LogP contribution < -0.4 is 4.90 Å². The van der Waals surface area contributed by atoms with Gasteiger partial charge in [-0.15, -0.1) is 0 Å². The van der Waals surface area contributed by atoms with Crippen molar-refractivity contribution >= 4 is 11.3 Å². The van der Waals surface area contributed by atoms with Crippen LogP contribution in [0.2, 0.25) is 0 Å². The Hall–Kier alpha value is -2.34. The SMILES string of the molecule is Cc1ocnc1CN1CCN(c2ccc3nc(C4CC4)cn3c2)CC1. The van der Waals surface area contributed by atoms with Crippen molar-refractivity contribution in [3.63, 3.8) is 0 Å². The Balaban J connectivity index is 1.27. The predicted octanol–water partition coefficient (Wildman–Crippen LogP) is 2.83. The average molecular weight is 337 g/mol. The number of nitrogens with zero attached hydrogens (tertiary/aromatic N) is 5. The summed E-state index contributed by atoms with van der Waals surface area (Å²) in [6, 6.07) is 4.35. The monoisotopic (exact) mass is 337 g/mol. The first-order valence-corrected chi connectivity index (χ1v) is 9.11. The zero-order valence-electron chi connectivity index (χ0n) is 14.6. The lowest BCUT2D eigenvalue weighted by atomic mass is 10.2. The Bertz CT molecular complexity index is 886. The Morgan fingerprint density at radius 2 is 1.96 bits per heavy atom. The highest BCUT2D eigenvalue weighted by atomic mass is 16.3. The molecule has 4 heterocycles. The summed E-state index contributed by atoms with van der Waals surface area (Å²) in [6.07, 6.45) is 8.57. The average Bonchev–Trinajstić information content (AvgIpc) is 3.28. The van der Waals surface area contributed by atoms with E-state index in [9.17, 15) is 0 Å². The van der Waals surface area contributed by atoms with Gasteiger partial charge in [-0.1, -0.05) is 0 Å². The third kappa shape index (κ3) is 2.91. The summed E-state index contributed by atoms with van der Waals surface area (Å²) in [4.78, 5) is 14.0. The van der Waals surface area contributed by atoms with Gasteiger partial charge in [0, 0.05) is 51.0 Å². The van der Waals surface area contributed by atoms with Crippen LogP contribution in [0.3, 0.4) is 0 Å². The van der Waals surface area contributed by atoms with Crippen LogP contribution in [-0.2, 0) is 6.54 Å². The van der Waals surface area contributed by atoms with Crippen molar-refractivity contribution in [3.05, 3.63) is 48.1 Å². The van der Waals surface area contributed by atoms with E-state index in [0.717, 1.165) is 49.8 Å². The van der Waals surface area contributed by atoms with Crippen LogP contribution in [0, 0.1) is 6.92 Å². The number of hydrogen-bond acceptors (Lipinski definition) is 5. The molecule has 6 heteroatoms. The highest BCUT2D eigenvalue weighted by molar-refractivity contribution is 5.53. The van der Waals surface area contributed by atoms with E-state index < -0.39 is 0 Å². The van der Waals surface area contributed by atoms with E-state index in [2.05, 4.69) is 43.7 Å². The molecule has 0 N–H and O–H groups in total. The first-order chi connectivity index (χ1) is 12.3. The third-order valence-corrected chi connectivity index (χ3v) is 5.40. The Morgan fingerprint density at radius 3 is 2.68 bits per heavy atom. The number of imidazole rings is 1. The summed E-state index contributed by atoms with van der Waals surface area (Å²) >= 11 is 0. The number of oxazole rings is 1. The van der Waals surface area contributed by atoms with E-state index in [1.807, 2.05) is 6.92 Å². The molecule has 5 rings (SSSR count). The molecule has 0 aromatic carbocycles. The maximum Gasteiger partial charge on any atom is 0.181 e. The molecule has 25 heavy (non-hydrogen) atoms. The first kappa shape index (κ1) is 15.0. The molecule has 3 aromatic heterocycles. The first-order valence-electron chi connectivity index (χ1n) is 9.11. The lowest BCUT2D eigenvalue weighted by molar-refractivity contribution is 0.246. The number of fused-ring (bicyclic) bond motifs is 1. The summed E-state index contributed by atoms with van der Waals surface area (Å²) in [6.45, 7) is 7.01. The maximum atomic E-state index is 5.30. The Morgan fingerprint density at radius 1 is 1.12 bits per heavy atom. The molecule has 2 fully saturated rings. The summed E-state index contributed by atoms with van der Waals surface area (Å²) < 4.78 is 7.49. The van der Waals surface area contributed by atoms with Gasteiger partial charge < -0.3 is 13.7 Å². The molecule has 0 radical (unpaired) electrons. The maximum absolute atomic E-state index is 5.30. The van der Waals surface area contributed by atoms with Crippen molar-refractivity contribution in [1.82, 2.24) is 19.3 Å². The number of aromatic nitrogens is 3. The minimum Gasteiger partial charge on any atom is -0.448 e. The molecule has 3 aromatic rings. The van der Waals surface area contributed by atoms with E-state index in [1.54, 1.807) is 0 Å². The van der Waals surface area contributed by atoms with Gasteiger partial charge in [0.1, 0.15) is 11.4 Å². The number of piperazine rings is 1. The second-order valence-corrected chi connectivity index (χ2v) is 7.21. The van der Waals surface area contributed by atoms with Crippen molar-refractivity contribution in [2.45, 2.75) is 32.2 Å². The second-order valence-electron chi connectivity index (χ2n) is 7.21. The van der Waals surface area contributed by atoms with Gasteiger partial charge in [-0.2, -0.15) is 0 Å². The number of rotatable bonds is 4. The molecule has 2 aliphatic rings. The van der Waals surface area contributed by atoms with Crippen LogP contribution in [0.4, 0.5) is 5.69 Å². The number of aryl methyl sites for hydroxylation is 1. The molecule has 0 bridgehead atoms. The molecule has 1 aliphatic carbocycles.